The molecule has 0 aromatic heterocycles. The van der Waals surface area contributed by atoms with Crippen molar-refractivity contribution in [1.82, 2.24) is 0 Å². The van der Waals surface area contributed by atoms with Crippen molar-refractivity contribution in [1.29, 1.82) is 0 Å². The van der Waals surface area contributed by atoms with E-state index in [-0.39, 0.29) is 0 Å². The van der Waals surface area contributed by atoms with Gasteiger partial charge in [0.25, 0.3) is 0 Å². The van der Waals surface area contributed by atoms with Crippen LogP contribution in [0.1, 0.15) is 32.6 Å². The minimum atomic E-state index is 0.417. The van der Waals surface area contributed by atoms with Crippen LogP contribution in [0.4, 0.5) is 0 Å². The second-order valence-electron chi connectivity index (χ2n) is 3.25. The second kappa shape index (κ2) is 3.21. The highest BCUT2D eigenvalue weighted by atomic mass is 16.7. The summed E-state index contributed by atoms with van der Waals surface area (Å²) < 4.78 is 10.6. The summed E-state index contributed by atoms with van der Waals surface area (Å²) >= 11 is 0. The maximum atomic E-state index is 5.31. The van der Waals surface area contributed by atoms with Crippen molar-refractivity contribution in [3.63, 3.8) is 0 Å². The van der Waals surface area contributed by atoms with Crippen LogP contribution in [0.25, 0.3) is 0 Å². The Morgan fingerprint density at radius 3 is 3.08 bits per heavy atom. The van der Waals surface area contributed by atoms with Crippen molar-refractivity contribution in [3.8, 4) is 0 Å². The second-order valence-corrected chi connectivity index (χ2v) is 3.25. The van der Waals surface area contributed by atoms with E-state index in [9.17, 15) is 0 Å². The van der Waals surface area contributed by atoms with Crippen molar-refractivity contribution in [2.45, 2.75) is 32.6 Å². The van der Waals surface area contributed by atoms with E-state index in [1.165, 1.54) is 18.4 Å². The average Bonchev–Trinajstić information content (AvgIpc) is 2.51. The number of rotatable bonds is 2. The van der Waals surface area contributed by atoms with Gasteiger partial charge in [-0.1, -0.05) is 18.9 Å². The molecule has 2 aliphatic rings. The van der Waals surface area contributed by atoms with E-state index in [0.717, 1.165) is 24.4 Å². The summed E-state index contributed by atoms with van der Waals surface area (Å²) in [7, 11) is 0. The molecule has 0 bridgehead atoms. The van der Waals surface area contributed by atoms with E-state index < -0.39 is 0 Å². The van der Waals surface area contributed by atoms with Gasteiger partial charge < -0.3 is 9.47 Å². The van der Waals surface area contributed by atoms with Gasteiger partial charge in [0.15, 0.2) is 5.76 Å². The standard InChI is InChI=1S/C10H14O2/c1-2-3-8-4-5-9-10(6-8)12-7-11-9/h6H,2-5,7H2,1H3. The molecule has 0 spiro atoms. The van der Waals surface area contributed by atoms with Crippen molar-refractivity contribution < 1.29 is 9.47 Å². The van der Waals surface area contributed by atoms with E-state index in [2.05, 4.69) is 13.0 Å². The smallest absolute Gasteiger partial charge is 0.230 e. The van der Waals surface area contributed by atoms with Crippen molar-refractivity contribution >= 4 is 0 Å². The highest BCUT2D eigenvalue weighted by Crippen LogP contribution is 2.31. The Kier molecular flexibility index (Phi) is 2.07. The fourth-order valence-electron chi connectivity index (χ4n) is 1.68. The van der Waals surface area contributed by atoms with Crippen LogP contribution in [0.5, 0.6) is 0 Å². The number of ether oxygens (including phenoxy) is 2. The first kappa shape index (κ1) is 7.71. The third kappa shape index (κ3) is 1.33. The van der Waals surface area contributed by atoms with Crippen molar-refractivity contribution in [2.75, 3.05) is 6.79 Å². The van der Waals surface area contributed by atoms with Gasteiger partial charge in [-0.05, 0) is 18.9 Å². The van der Waals surface area contributed by atoms with Crippen LogP contribution >= 0.6 is 0 Å². The molecule has 0 N–H and O–H groups in total. The van der Waals surface area contributed by atoms with E-state index in [1.54, 1.807) is 0 Å². The van der Waals surface area contributed by atoms with Crippen LogP contribution in [0.3, 0.4) is 0 Å². The Hall–Kier alpha value is -0.920. The summed E-state index contributed by atoms with van der Waals surface area (Å²) in [5.41, 5.74) is 1.50. The third-order valence-corrected chi connectivity index (χ3v) is 2.30. The highest BCUT2D eigenvalue weighted by Gasteiger charge is 2.20. The van der Waals surface area contributed by atoms with Crippen LogP contribution < -0.4 is 0 Å². The van der Waals surface area contributed by atoms with Crippen LogP contribution in [0, 0.1) is 0 Å². The largest absolute Gasteiger partial charge is 0.458 e. The Morgan fingerprint density at radius 2 is 2.25 bits per heavy atom. The Labute approximate surface area is 72.9 Å². The van der Waals surface area contributed by atoms with Crippen molar-refractivity contribution in [3.05, 3.63) is 23.2 Å². The molecule has 0 radical (unpaired) electrons. The summed E-state index contributed by atoms with van der Waals surface area (Å²) in [6, 6.07) is 0. The third-order valence-electron chi connectivity index (χ3n) is 2.30. The normalized spacial score (nSPS) is 21.2. The van der Waals surface area contributed by atoms with Gasteiger partial charge in [0, 0.05) is 6.42 Å². The fraction of sp³-hybridized carbons (Fsp3) is 0.600. The quantitative estimate of drug-likeness (QED) is 0.628. The highest BCUT2D eigenvalue weighted by molar-refractivity contribution is 5.28. The van der Waals surface area contributed by atoms with Gasteiger partial charge in [-0.3, -0.25) is 0 Å². The first-order valence-electron chi connectivity index (χ1n) is 4.58. The molecule has 0 aromatic carbocycles. The lowest BCUT2D eigenvalue weighted by Crippen LogP contribution is -1.96. The lowest BCUT2D eigenvalue weighted by Gasteiger charge is -2.11. The lowest BCUT2D eigenvalue weighted by atomic mass is 9.99. The van der Waals surface area contributed by atoms with Crippen LogP contribution in [0.15, 0.2) is 23.2 Å². The Bertz CT molecular complexity index is 238. The fourth-order valence-corrected chi connectivity index (χ4v) is 1.68. The monoisotopic (exact) mass is 166 g/mol. The molecule has 0 saturated heterocycles. The summed E-state index contributed by atoms with van der Waals surface area (Å²) in [6.07, 6.45) is 6.74. The Morgan fingerprint density at radius 1 is 1.33 bits per heavy atom. The van der Waals surface area contributed by atoms with E-state index in [4.69, 9.17) is 9.47 Å². The molecule has 1 aliphatic heterocycles. The van der Waals surface area contributed by atoms with E-state index >= 15 is 0 Å². The summed E-state index contributed by atoms with van der Waals surface area (Å²) in [4.78, 5) is 0. The molecule has 0 atom stereocenters. The molecule has 0 unspecified atom stereocenters. The molecule has 1 heterocycles. The minimum Gasteiger partial charge on any atom is -0.458 e. The molecule has 2 nitrogen and oxygen atoms in total. The zero-order valence-corrected chi connectivity index (χ0v) is 7.43. The average molecular weight is 166 g/mol. The topological polar surface area (TPSA) is 18.5 Å². The van der Waals surface area contributed by atoms with Gasteiger partial charge in [-0.15, -0.1) is 0 Å². The first-order valence-corrected chi connectivity index (χ1v) is 4.58. The SMILES string of the molecule is CCCC1=CC2=C(CC1)OCO2. The van der Waals surface area contributed by atoms with Gasteiger partial charge in [0.1, 0.15) is 5.76 Å². The molecule has 0 saturated carbocycles. The van der Waals surface area contributed by atoms with Gasteiger partial charge in [0.2, 0.25) is 6.79 Å². The zero-order valence-electron chi connectivity index (χ0n) is 7.43. The molecule has 0 amide bonds. The minimum absolute atomic E-state index is 0.417. The number of allylic oxidation sites excluding steroid dienone is 3. The summed E-state index contributed by atoms with van der Waals surface area (Å²) in [5.74, 6) is 2.03. The summed E-state index contributed by atoms with van der Waals surface area (Å²) in [5, 5.41) is 0. The van der Waals surface area contributed by atoms with Crippen molar-refractivity contribution in [2.24, 2.45) is 0 Å². The van der Waals surface area contributed by atoms with Crippen LogP contribution in [-0.4, -0.2) is 6.79 Å². The predicted molar refractivity (Wildman–Crippen MR) is 46.3 cm³/mol. The Balaban J connectivity index is 2.10. The molecule has 2 rings (SSSR count). The lowest BCUT2D eigenvalue weighted by molar-refractivity contribution is 0.0729. The zero-order chi connectivity index (χ0) is 8.39. The molecular formula is C10H14O2. The maximum Gasteiger partial charge on any atom is 0.230 e. The summed E-state index contributed by atoms with van der Waals surface area (Å²) in [6.45, 7) is 2.62. The first-order chi connectivity index (χ1) is 5.90. The van der Waals surface area contributed by atoms with Crippen LogP contribution in [0.2, 0.25) is 0 Å². The van der Waals surface area contributed by atoms with Gasteiger partial charge >= 0.3 is 0 Å². The molecule has 12 heavy (non-hydrogen) atoms. The van der Waals surface area contributed by atoms with E-state index in [0.29, 0.717) is 6.79 Å². The number of hydrogen-bond donors (Lipinski definition) is 0. The molecule has 2 heteroatoms. The number of hydrogen-bond acceptors (Lipinski definition) is 2. The van der Waals surface area contributed by atoms with Gasteiger partial charge in [-0.2, -0.15) is 0 Å². The van der Waals surface area contributed by atoms with Crippen LogP contribution in [-0.2, 0) is 9.47 Å². The molecule has 0 aromatic rings. The van der Waals surface area contributed by atoms with Gasteiger partial charge in [-0.25, -0.2) is 0 Å². The van der Waals surface area contributed by atoms with Gasteiger partial charge in [0.05, 0.1) is 0 Å². The molecule has 0 fully saturated rings. The maximum absolute atomic E-state index is 5.31. The molecule has 1 aliphatic carbocycles. The molecule has 66 valence electrons. The predicted octanol–water partition coefficient (Wildman–Crippen LogP) is 2.72. The van der Waals surface area contributed by atoms with E-state index in [1.807, 2.05) is 0 Å². The molecular weight excluding hydrogens is 152 g/mol.